The maximum absolute atomic E-state index is 13.2. The Morgan fingerprint density at radius 1 is 1.21 bits per heavy atom. The van der Waals surface area contributed by atoms with E-state index in [1.165, 1.54) is 18.2 Å². The van der Waals surface area contributed by atoms with Gasteiger partial charge in [0, 0.05) is 5.02 Å². The zero-order valence-corrected chi connectivity index (χ0v) is 20.4. The molecular weight excluding hydrogens is 567 g/mol. The summed E-state index contributed by atoms with van der Waals surface area (Å²) in [6.45, 7) is 3.16. The van der Waals surface area contributed by atoms with E-state index in [1.54, 1.807) is 32.0 Å². The van der Waals surface area contributed by atoms with Gasteiger partial charge in [0.1, 0.15) is 5.57 Å². The minimum Gasteiger partial charge on any atom is -0.490 e. The summed E-state index contributed by atoms with van der Waals surface area (Å²) in [5, 5.41) is 11.4. The predicted octanol–water partition coefficient (Wildman–Crippen LogP) is 3.78. The Balaban J connectivity index is 2.04. The van der Waals surface area contributed by atoms with Crippen LogP contribution in [-0.2, 0) is 14.4 Å². The monoisotopic (exact) mass is 584 g/mol. The van der Waals surface area contributed by atoms with Crippen molar-refractivity contribution >= 4 is 69.8 Å². The van der Waals surface area contributed by atoms with Gasteiger partial charge in [-0.25, -0.2) is 14.5 Å². The molecular formula is C22H18ClIN2O7. The second-order valence-electron chi connectivity index (χ2n) is 6.83. The van der Waals surface area contributed by atoms with Crippen LogP contribution in [0.25, 0.3) is 6.08 Å². The van der Waals surface area contributed by atoms with Gasteiger partial charge in [-0.1, -0.05) is 17.7 Å². The lowest BCUT2D eigenvalue weighted by Crippen LogP contribution is -2.54. The molecule has 0 saturated carbocycles. The van der Waals surface area contributed by atoms with Gasteiger partial charge in [-0.2, -0.15) is 0 Å². The van der Waals surface area contributed by atoms with E-state index in [-0.39, 0.29) is 29.4 Å². The van der Waals surface area contributed by atoms with Crippen LogP contribution in [0.1, 0.15) is 18.1 Å². The van der Waals surface area contributed by atoms with Crippen LogP contribution >= 0.6 is 34.2 Å². The molecule has 2 aromatic carbocycles. The fourth-order valence-electron chi connectivity index (χ4n) is 3.07. The molecule has 11 heteroatoms. The summed E-state index contributed by atoms with van der Waals surface area (Å²) in [4.78, 5) is 49.8. The van der Waals surface area contributed by atoms with E-state index in [1.807, 2.05) is 22.6 Å². The van der Waals surface area contributed by atoms with E-state index in [0.29, 0.717) is 19.7 Å². The number of aryl methyl sites for hydroxylation is 1. The topological polar surface area (TPSA) is 122 Å². The smallest absolute Gasteiger partial charge is 0.341 e. The number of carboxylic acids is 1. The van der Waals surface area contributed by atoms with Gasteiger partial charge in [0.15, 0.2) is 18.1 Å². The highest BCUT2D eigenvalue weighted by Crippen LogP contribution is 2.35. The Hall–Kier alpha value is -3.12. The number of rotatable bonds is 7. The number of urea groups is 1. The quantitative estimate of drug-likeness (QED) is 0.289. The molecule has 0 unspecified atom stereocenters. The van der Waals surface area contributed by atoms with Crippen LogP contribution in [-0.4, -0.2) is 42.1 Å². The molecule has 172 valence electrons. The molecule has 2 aromatic rings. The highest BCUT2D eigenvalue weighted by atomic mass is 127. The van der Waals surface area contributed by atoms with Gasteiger partial charge >= 0.3 is 12.0 Å². The Labute approximate surface area is 207 Å². The Morgan fingerprint density at radius 3 is 2.61 bits per heavy atom. The number of nitrogens with zero attached hydrogens (tertiary/aromatic N) is 1. The van der Waals surface area contributed by atoms with E-state index in [9.17, 15) is 19.2 Å². The number of carbonyl (C=O) groups excluding carboxylic acids is 3. The van der Waals surface area contributed by atoms with Gasteiger partial charge in [0.05, 0.1) is 15.9 Å². The van der Waals surface area contributed by atoms with Crippen molar-refractivity contribution in [3.8, 4) is 11.5 Å². The summed E-state index contributed by atoms with van der Waals surface area (Å²) in [6.07, 6.45) is 1.32. The molecule has 1 heterocycles. The number of amides is 4. The Kier molecular flexibility index (Phi) is 7.59. The molecule has 1 aliphatic rings. The summed E-state index contributed by atoms with van der Waals surface area (Å²) < 4.78 is 11.4. The van der Waals surface area contributed by atoms with Crippen molar-refractivity contribution in [2.24, 2.45) is 0 Å². The molecule has 0 spiro atoms. The highest BCUT2D eigenvalue weighted by Gasteiger charge is 2.37. The van der Waals surface area contributed by atoms with E-state index in [4.69, 9.17) is 26.2 Å². The molecule has 9 nitrogen and oxygen atoms in total. The Bertz CT molecular complexity index is 1200. The molecule has 4 amide bonds. The third kappa shape index (κ3) is 5.45. The molecule has 3 rings (SSSR count). The first-order valence-corrected chi connectivity index (χ1v) is 11.1. The number of imide groups is 2. The van der Waals surface area contributed by atoms with Gasteiger partial charge < -0.3 is 14.6 Å². The number of hydrogen-bond acceptors (Lipinski definition) is 6. The number of anilines is 1. The van der Waals surface area contributed by atoms with E-state index < -0.39 is 30.4 Å². The first kappa shape index (κ1) is 24.5. The van der Waals surface area contributed by atoms with Gasteiger partial charge in [-0.3, -0.25) is 14.9 Å². The van der Waals surface area contributed by atoms with Gasteiger partial charge in [0.25, 0.3) is 11.8 Å². The van der Waals surface area contributed by atoms with Crippen LogP contribution in [0.4, 0.5) is 10.5 Å². The molecule has 1 saturated heterocycles. The highest BCUT2D eigenvalue weighted by molar-refractivity contribution is 14.1. The van der Waals surface area contributed by atoms with Crippen LogP contribution in [0.5, 0.6) is 11.5 Å². The zero-order valence-electron chi connectivity index (χ0n) is 17.5. The number of nitrogens with one attached hydrogen (secondary N) is 1. The van der Waals surface area contributed by atoms with Crippen LogP contribution in [0.15, 0.2) is 35.9 Å². The van der Waals surface area contributed by atoms with Crippen molar-refractivity contribution in [2.45, 2.75) is 13.8 Å². The van der Waals surface area contributed by atoms with Crippen molar-refractivity contribution in [1.29, 1.82) is 0 Å². The minimum absolute atomic E-state index is 0.229. The average Bonchev–Trinajstić information content (AvgIpc) is 2.73. The molecule has 33 heavy (non-hydrogen) atoms. The van der Waals surface area contributed by atoms with Gasteiger partial charge in [-0.05, 0) is 77.9 Å². The summed E-state index contributed by atoms with van der Waals surface area (Å²) in [5.74, 6) is -2.33. The minimum atomic E-state index is -1.15. The average molecular weight is 585 g/mol. The fourth-order valence-corrected chi connectivity index (χ4v) is 4.02. The molecule has 1 fully saturated rings. The van der Waals surface area contributed by atoms with E-state index >= 15 is 0 Å². The lowest BCUT2D eigenvalue weighted by Gasteiger charge is -2.27. The summed E-state index contributed by atoms with van der Waals surface area (Å²) in [5.41, 5.74) is 1.02. The first-order chi connectivity index (χ1) is 15.6. The summed E-state index contributed by atoms with van der Waals surface area (Å²) in [6, 6.07) is 6.98. The largest absolute Gasteiger partial charge is 0.490 e. The molecule has 1 aliphatic heterocycles. The fraction of sp³-hybridized carbons (Fsp3) is 0.182. The van der Waals surface area contributed by atoms with Crippen molar-refractivity contribution in [3.05, 3.63) is 55.6 Å². The predicted molar refractivity (Wildman–Crippen MR) is 129 cm³/mol. The van der Waals surface area contributed by atoms with Crippen LogP contribution in [0.2, 0.25) is 5.02 Å². The van der Waals surface area contributed by atoms with Crippen molar-refractivity contribution in [2.75, 3.05) is 18.1 Å². The third-order valence-corrected chi connectivity index (χ3v) is 5.53. The molecule has 0 atom stereocenters. The van der Waals surface area contributed by atoms with Crippen molar-refractivity contribution in [1.82, 2.24) is 5.32 Å². The van der Waals surface area contributed by atoms with Crippen LogP contribution in [0.3, 0.4) is 0 Å². The van der Waals surface area contributed by atoms with Crippen LogP contribution < -0.4 is 19.7 Å². The van der Waals surface area contributed by atoms with Gasteiger partial charge in [-0.15, -0.1) is 0 Å². The molecule has 0 aromatic heterocycles. The van der Waals surface area contributed by atoms with E-state index in [0.717, 1.165) is 4.90 Å². The number of benzene rings is 2. The molecule has 0 bridgehead atoms. The van der Waals surface area contributed by atoms with E-state index in [2.05, 4.69) is 5.32 Å². The maximum atomic E-state index is 13.2. The Morgan fingerprint density at radius 2 is 1.94 bits per heavy atom. The number of hydrogen-bond donors (Lipinski definition) is 2. The lowest BCUT2D eigenvalue weighted by atomic mass is 10.1. The first-order valence-electron chi connectivity index (χ1n) is 9.61. The number of halogens is 2. The standard InChI is InChI=1S/C22H18ClIN2O7/c1-3-32-17-8-12(7-15(24)19(17)33-10-18(27)28)6-14-20(29)25-22(31)26(21(14)30)16-9-13(23)5-4-11(16)2/h4-9H,3,10H2,1-2H3,(H,27,28)(H,25,29,31)/b14-6+. The number of ether oxygens (including phenoxy) is 2. The number of barbiturate groups is 1. The van der Waals surface area contributed by atoms with Crippen LogP contribution in [0, 0.1) is 10.5 Å². The second kappa shape index (κ2) is 10.2. The zero-order chi connectivity index (χ0) is 24.3. The number of carbonyl (C=O) groups is 4. The van der Waals surface area contributed by atoms with Crippen molar-refractivity contribution < 1.29 is 33.8 Å². The maximum Gasteiger partial charge on any atom is 0.341 e. The number of carboxylic acid groups (broad SMARTS) is 1. The van der Waals surface area contributed by atoms with Crippen molar-refractivity contribution in [3.63, 3.8) is 0 Å². The SMILES string of the molecule is CCOc1cc(/C=C2\C(=O)NC(=O)N(c3cc(Cl)ccc3C)C2=O)cc(I)c1OCC(=O)O. The molecule has 2 N–H and O–H groups in total. The molecule has 0 radical (unpaired) electrons. The number of aliphatic carboxylic acids is 1. The summed E-state index contributed by atoms with van der Waals surface area (Å²) >= 11 is 7.97. The lowest BCUT2D eigenvalue weighted by molar-refractivity contribution is -0.139. The second-order valence-corrected chi connectivity index (χ2v) is 8.43. The normalized spacial score (nSPS) is 15.0. The van der Waals surface area contributed by atoms with Gasteiger partial charge in [0.2, 0.25) is 0 Å². The third-order valence-electron chi connectivity index (χ3n) is 4.50. The summed E-state index contributed by atoms with van der Waals surface area (Å²) in [7, 11) is 0. The molecule has 0 aliphatic carbocycles.